The first-order valence-electron chi connectivity index (χ1n) is 6.28. The molecule has 0 aromatic carbocycles. The third-order valence-electron chi connectivity index (χ3n) is 2.97. The number of nitrogens with one attached hydrogen (secondary N) is 1. The molecule has 0 bridgehead atoms. The summed E-state index contributed by atoms with van der Waals surface area (Å²) in [5, 5.41) is 4.39. The van der Waals surface area contributed by atoms with Crippen molar-refractivity contribution in [1.82, 2.24) is 10.3 Å². The summed E-state index contributed by atoms with van der Waals surface area (Å²) in [6, 6.07) is 0. The number of hydrogen-bond acceptors (Lipinski definition) is 4. The van der Waals surface area contributed by atoms with Gasteiger partial charge in [0, 0.05) is 23.4 Å². The van der Waals surface area contributed by atoms with Crippen LogP contribution in [0.25, 0.3) is 0 Å². The number of hydrogen-bond donors (Lipinski definition) is 1. The van der Waals surface area contributed by atoms with Crippen LogP contribution in [0.1, 0.15) is 55.3 Å². The van der Waals surface area contributed by atoms with Crippen molar-refractivity contribution in [2.45, 2.75) is 51.7 Å². The van der Waals surface area contributed by atoms with E-state index in [2.05, 4.69) is 26.1 Å². The van der Waals surface area contributed by atoms with Crippen molar-refractivity contribution in [1.29, 1.82) is 0 Å². The SMILES string of the molecule is CNCc1sc(C2CCCO2)nc1C(C)(C)C. The fourth-order valence-electron chi connectivity index (χ4n) is 2.15. The van der Waals surface area contributed by atoms with Gasteiger partial charge in [0.1, 0.15) is 11.1 Å². The van der Waals surface area contributed by atoms with E-state index in [0.29, 0.717) is 0 Å². The Morgan fingerprint density at radius 1 is 1.47 bits per heavy atom. The van der Waals surface area contributed by atoms with Crippen molar-refractivity contribution in [2.75, 3.05) is 13.7 Å². The van der Waals surface area contributed by atoms with E-state index >= 15 is 0 Å². The van der Waals surface area contributed by atoms with Gasteiger partial charge in [-0.3, -0.25) is 0 Å². The third-order valence-corrected chi connectivity index (χ3v) is 4.11. The minimum absolute atomic E-state index is 0.111. The molecular weight excluding hydrogens is 232 g/mol. The Labute approximate surface area is 108 Å². The van der Waals surface area contributed by atoms with E-state index < -0.39 is 0 Å². The Balaban J connectivity index is 2.29. The number of aromatic nitrogens is 1. The highest BCUT2D eigenvalue weighted by Crippen LogP contribution is 2.36. The Morgan fingerprint density at radius 3 is 2.76 bits per heavy atom. The third kappa shape index (κ3) is 2.87. The van der Waals surface area contributed by atoms with Crippen LogP contribution in [0, 0.1) is 0 Å². The van der Waals surface area contributed by atoms with Crippen LogP contribution in [0.2, 0.25) is 0 Å². The van der Waals surface area contributed by atoms with Gasteiger partial charge in [-0.15, -0.1) is 11.3 Å². The first kappa shape index (κ1) is 13.0. The molecule has 1 aromatic heterocycles. The maximum Gasteiger partial charge on any atom is 0.122 e. The van der Waals surface area contributed by atoms with Crippen LogP contribution in [0.3, 0.4) is 0 Å². The Hall–Kier alpha value is -0.450. The van der Waals surface area contributed by atoms with E-state index in [0.717, 1.165) is 31.0 Å². The second-order valence-electron chi connectivity index (χ2n) is 5.61. The summed E-state index contributed by atoms with van der Waals surface area (Å²) >= 11 is 1.81. The summed E-state index contributed by atoms with van der Waals surface area (Å²) in [5.74, 6) is 0. The van der Waals surface area contributed by atoms with Crippen LogP contribution in [0.4, 0.5) is 0 Å². The van der Waals surface area contributed by atoms with E-state index in [4.69, 9.17) is 9.72 Å². The molecular formula is C13H22N2OS. The van der Waals surface area contributed by atoms with Crippen molar-refractivity contribution in [3.8, 4) is 0 Å². The summed E-state index contributed by atoms with van der Waals surface area (Å²) in [5.41, 5.74) is 1.34. The minimum Gasteiger partial charge on any atom is -0.371 e. The van der Waals surface area contributed by atoms with Crippen LogP contribution in [-0.2, 0) is 16.7 Å². The number of rotatable bonds is 3. The summed E-state index contributed by atoms with van der Waals surface area (Å²) < 4.78 is 5.73. The van der Waals surface area contributed by atoms with Gasteiger partial charge in [0.25, 0.3) is 0 Å². The average Bonchev–Trinajstić information content (AvgIpc) is 2.82. The molecule has 1 aliphatic heterocycles. The lowest BCUT2D eigenvalue weighted by molar-refractivity contribution is 0.111. The highest BCUT2D eigenvalue weighted by molar-refractivity contribution is 7.11. The van der Waals surface area contributed by atoms with Crippen molar-refractivity contribution in [3.63, 3.8) is 0 Å². The molecule has 1 aliphatic rings. The molecule has 0 amide bonds. The van der Waals surface area contributed by atoms with Crippen LogP contribution >= 0.6 is 11.3 Å². The molecule has 2 heterocycles. The highest BCUT2D eigenvalue weighted by Gasteiger charge is 2.27. The van der Waals surface area contributed by atoms with Crippen molar-refractivity contribution in [3.05, 3.63) is 15.6 Å². The monoisotopic (exact) mass is 254 g/mol. The fraction of sp³-hybridized carbons (Fsp3) is 0.769. The van der Waals surface area contributed by atoms with Gasteiger partial charge >= 0.3 is 0 Å². The lowest BCUT2D eigenvalue weighted by atomic mass is 9.91. The van der Waals surface area contributed by atoms with Gasteiger partial charge in [-0.05, 0) is 19.9 Å². The lowest BCUT2D eigenvalue weighted by Crippen LogP contribution is -2.16. The molecule has 1 saturated heterocycles. The second-order valence-corrected chi connectivity index (χ2v) is 6.72. The Kier molecular flexibility index (Phi) is 3.85. The number of thiazole rings is 1. The average molecular weight is 254 g/mol. The van der Waals surface area contributed by atoms with Crippen molar-refractivity contribution >= 4 is 11.3 Å². The molecule has 96 valence electrons. The topological polar surface area (TPSA) is 34.1 Å². The first-order valence-corrected chi connectivity index (χ1v) is 7.10. The van der Waals surface area contributed by atoms with Crippen LogP contribution in [-0.4, -0.2) is 18.6 Å². The summed E-state index contributed by atoms with van der Waals surface area (Å²) in [6.45, 7) is 8.45. The molecule has 0 radical (unpaired) electrons. The molecule has 1 unspecified atom stereocenters. The molecule has 1 atom stereocenters. The number of nitrogens with zero attached hydrogens (tertiary/aromatic N) is 1. The maximum absolute atomic E-state index is 5.73. The van der Waals surface area contributed by atoms with E-state index in [9.17, 15) is 0 Å². The van der Waals surface area contributed by atoms with Crippen LogP contribution in [0.15, 0.2) is 0 Å². The predicted molar refractivity (Wildman–Crippen MR) is 71.5 cm³/mol. The molecule has 2 rings (SSSR count). The molecule has 4 heteroatoms. The molecule has 17 heavy (non-hydrogen) atoms. The molecule has 1 N–H and O–H groups in total. The van der Waals surface area contributed by atoms with Crippen molar-refractivity contribution in [2.24, 2.45) is 0 Å². The zero-order valence-corrected chi connectivity index (χ0v) is 12.0. The van der Waals surface area contributed by atoms with Crippen LogP contribution in [0.5, 0.6) is 0 Å². The van der Waals surface area contributed by atoms with Gasteiger partial charge in [0.05, 0.1) is 5.69 Å². The molecule has 0 spiro atoms. The quantitative estimate of drug-likeness (QED) is 0.900. The van der Waals surface area contributed by atoms with Crippen molar-refractivity contribution < 1.29 is 4.74 Å². The van der Waals surface area contributed by atoms with E-state index in [1.54, 1.807) is 0 Å². The maximum atomic E-state index is 5.73. The zero-order chi connectivity index (χ0) is 12.5. The van der Waals surface area contributed by atoms with Gasteiger partial charge in [-0.2, -0.15) is 0 Å². The van der Waals surface area contributed by atoms with Gasteiger partial charge in [0.2, 0.25) is 0 Å². The van der Waals surface area contributed by atoms with Gasteiger partial charge in [-0.1, -0.05) is 20.8 Å². The molecule has 0 saturated carbocycles. The highest BCUT2D eigenvalue weighted by atomic mass is 32.1. The summed E-state index contributed by atoms with van der Waals surface area (Å²) in [4.78, 5) is 6.19. The van der Waals surface area contributed by atoms with Gasteiger partial charge in [0.15, 0.2) is 0 Å². The summed E-state index contributed by atoms with van der Waals surface area (Å²) in [6.07, 6.45) is 2.53. The largest absolute Gasteiger partial charge is 0.371 e. The Morgan fingerprint density at radius 2 is 2.24 bits per heavy atom. The van der Waals surface area contributed by atoms with Gasteiger partial charge < -0.3 is 10.1 Å². The molecule has 0 aliphatic carbocycles. The zero-order valence-electron chi connectivity index (χ0n) is 11.2. The smallest absolute Gasteiger partial charge is 0.122 e. The van der Waals surface area contributed by atoms with E-state index in [1.807, 2.05) is 18.4 Å². The number of ether oxygens (including phenoxy) is 1. The lowest BCUT2D eigenvalue weighted by Gasteiger charge is -2.17. The second kappa shape index (κ2) is 5.04. The standard InChI is InChI=1S/C13H22N2OS/c1-13(2,3)11-10(8-14-4)17-12(15-11)9-6-5-7-16-9/h9,14H,5-8H2,1-4H3. The fourth-order valence-corrected chi connectivity index (χ4v) is 3.52. The molecule has 1 fully saturated rings. The summed E-state index contributed by atoms with van der Waals surface area (Å²) in [7, 11) is 1.98. The molecule has 1 aromatic rings. The first-order chi connectivity index (χ1) is 8.02. The van der Waals surface area contributed by atoms with E-state index in [1.165, 1.54) is 10.6 Å². The minimum atomic E-state index is 0.111. The van der Waals surface area contributed by atoms with Crippen LogP contribution < -0.4 is 5.32 Å². The van der Waals surface area contributed by atoms with E-state index in [-0.39, 0.29) is 11.5 Å². The van der Waals surface area contributed by atoms with Gasteiger partial charge in [-0.25, -0.2) is 4.98 Å². The molecule has 3 nitrogen and oxygen atoms in total. The normalized spacial score (nSPS) is 21.1. The predicted octanol–water partition coefficient (Wildman–Crippen LogP) is 3.01. The Bertz CT molecular complexity index is 375.